The first-order valence-corrected chi connectivity index (χ1v) is 11.6. The molecule has 2 aromatic heterocycles. The van der Waals surface area contributed by atoms with Crippen molar-refractivity contribution in [2.24, 2.45) is 0 Å². The summed E-state index contributed by atoms with van der Waals surface area (Å²) in [6.07, 6.45) is 0. The van der Waals surface area contributed by atoms with Crippen LogP contribution >= 0.6 is 0 Å². The predicted molar refractivity (Wildman–Crippen MR) is 121 cm³/mol. The quantitative estimate of drug-likeness (QED) is 0.412. The van der Waals surface area contributed by atoms with Crippen LogP contribution in [0, 0.1) is 0 Å². The molecule has 172 valence electrons. The fraction of sp³-hybridized carbons (Fsp3) is 0.227. The fourth-order valence-electron chi connectivity index (χ4n) is 3.34. The molecule has 0 radical (unpaired) electrons. The van der Waals surface area contributed by atoms with Gasteiger partial charge in [-0.15, -0.1) is 5.10 Å². The Morgan fingerprint density at radius 3 is 2.45 bits per heavy atom. The molecule has 10 nitrogen and oxygen atoms in total. The van der Waals surface area contributed by atoms with Crippen molar-refractivity contribution in [3.63, 3.8) is 0 Å². The monoisotopic (exact) mass is 470 g/mol. The Morgan fingerprint density at radius 1 is 1.06 bits per heavy atom. The van der Waals surface area contributed by atoms with E-state index < -0.39 is 15.9 Å². The molecule has 0 fully saturated rings. The van der Waals surface area contributed by atoms with Crippen molar-refractivity contribution in [2.45, 2.75) is 18.7 Å². The fourth-order valence-corrected chi connectivity index (χ4v) is 4.79. The second-order valence-electron chi connectivity index (χ2n) is 6.97. The van der Waals surface area contributed by atoms with Crippen LogP contribution in [0.3, 0.4) is 0 Å². The lowest BCUT2D eigenvalue weighted by Gasteiger charge is -2.18. The van der Waals surface area contributed by atoms with Crippen LogP contribution in [0.15, 0.2) is 62.3 Å². The molecule has 1 amide bonds. The van der Waals surface area contributed by atoms with Crippen molar-refractivity contribution in [2.75, 3.05) is 25.5 Å². The van der Waals surface area contributed by atoms with Crippen LogP contribution in [-0.4, -0.2) is 49.0 Å². The van der Waals surface area contributed by atoms with Crippen molar-refractivity contribution >= 4 is 32.9 Å². The van der Waals surface area contributed by atoms with E-state index in [1.807, 2.05) is 12.1 Å². The van der Waals surface area contributed by atoms with E-state index in [1.165, 1.54) is 28.6 Å². The van der Waals surface area contributed by atoms with E-state index in [2.05, 4.69) is 15.5 Å². The molecule has 4 aromatic rings. The number of nitrogens with zero attached hydrogens (tertiary/aromatic N) is 3. The van der Waals surface area contributed by atoms with Crippen LogP contribution in [0.25, 0.3) is 22.6 Å². The first-order valence-electron chi connectivity index (χ1n) is 10.2. The number of furan rings is 1. The largest absolute Gasteiger partial charge is 0.493 e. The Morgan fingerprint density at radius 2 is 1.79 bits per heavy atom. The van der Waals surface area contributed by atoms with Gasteiger partial charge < -0.3 is 13.6 Å². The third kappa shape index (κ3) is 4.32. The topological polar surface area (TPSA) is 128 Å². The van der Waals surface area contributed by atoms with Crippen LogP contribution in [-0.2, 0) is 10.0 Å². The highest BCUT2D eigenvalue weighted by Gasteiger charge is 2.22. The lowest BCUT2D eigenvalue weighted by atomic mass is 10.2. The zero-order valence-corrected chi connectivity index (χ0v) is 19.0. The minimum atomic E-state index is -3.60. The highest BCUT2D eigenvalue weighted by molar-refractivity contribution is 7.89. The van der Waals surface area contributed by atoms with Gasteiger partial charge in [0.2, 0.25) is 10.0 Å². The molecule has 0 unspecified atom stereocenters. The second-order valence-corrected chi connectivity index (χ2v) is 8.91. The number of carbonyl (C=O) groups is 1. The summed E-state index contributed by atoms with van der Waals surface area (Å²) in [4.78, 5) is 12.7. The molecular formula is C22H22N4O6S. The SMILES string of the molecule is CCN(CC)S(=O)(=O)c1ccc(C(=O)Nc2nnc(-c3cc4cccc(OC)c4o3)o2)cc1. The van der Waals surface area contributed by atoms with Gasteiger partial charge in [0.05, 0.1) is 12.0 Å². The molecule has 0 atom stereocenters. The zero-order valence-electron chi connectivity index (χ0n) is 18.2. The van der Waals surface area contributed by atoms with Gasteiger partial charge in [0.25, 0.3) is 11.8 Å². The van der Waals surface area contributed by atoms with E-state index in [4.69, 9.17) is 13.6 Å². The third-order valence-corrected chi connectivity index (χ3v) is 7.11. The number of hydrogen-bond acceptors (Lipinski definition) is 8. The molecule has 2 aromatic carbocycles. The van der Waals surface area contributed by atoms with Crippen molar-refractivity contribution in [1.82, 2.24) is 14.5 Å². The molecule has 0 aliphatic rings. The lowest BCUT2D eigenvalue weighted by molar-refractivity contribution is 0.102. The van der Waals surface area contributed by atoms with E-state index in [0.29, 0.717) is 30.2 Å². The predicted octanol–water partition coefficient (Wildman–Crippen LogP) is 3.77. The van der Waals surface area contributed by atoms with Gasteiger partial charge in [-0.1, -0.05) is 31.1 Å². The molecule has 0 saturated heterocycles. The molecular weight excluding hydrogens is 448 g/mol. The van der Waals surface area contributed by atoms with Gasteiger partial charge in [-0.3, -0.25) is 10.1 Å². The minimum Gasteiger partial charge on any atom is -0.493 e. The Labute approximate surface area is 190 Å². The maximum atomic E-state index is 12.6. The number of carbonyl (C=O) groups excluding carboxylic acids is 1. The van der Waals surface area contributed by atoms with E-state index in [0.717, 1.165) is 5.39 Å². The molecule has 11 heteroatoms. The molecule has 1 N–H and O–H groups in total. The third-order valence-electron chi connectivity index (χ3n) is 5.04. The number of anilines is 1. The van der Waals surface area contributed by atoms with E-state index >= 15 is 0 Å². The number of methoxy groups -OCH3 is 1. The van der Waals surface area contributed by atoms with E-state index in [1.54, 1.807) is 33.1 Å². The minimum absolute atomic E-state index is 0.0872. The number of ether oxygens (including phenoxy) is 1. The van der Waals surface area contributed by atoms with Gasteiger partial charge in [-0.2, -0.15) is 4.31 Å². The van der Waals surface area contributed by atoms with Crippen LogP contribution in [0.2, 0.25) is 0 Å². The maximum Gasteiger partial charge on any atom is 0.322 e. The number of benzene rings is 2. The second kappa shape index (κ2) is 9.04. The number of sulfonamides is 1. The summed E-state index contributed by atoms with van der Waals surface area (Å²) >= 11 is 0. The molecule has 0 spiro atoms. The summed E-state index contributed by atoms with van der Waals surface area (Å²) in [7, 11) is -2.06. The number of fused-ring (bicyclic) bond motifs is 1. The summed E-state index contributed by atoms with van der Waals surface area (Å²) in [5.41, 5.74) is 0.778. The van der Waals surface area contributed by atoms with Crippen molar-refractivity contribution in [3.8, 4) is 17.4 Å². The number of aromatic nitrogens is 2. The summed E-state index contributed by atoms with van der Waals surface area (Å²) in [5.74, 6) is 0.458. The molecule has 0 bridgehead atoms. The number of nitrogens with one attached hydrogen (secondary N) is 1. The van der Waals surface area contributed by atoms with E-state index in [9.17, 15) is 13.2 Å². The Kier molecular flexibility index (Phi) is 6.16. The smallest absolute Gasteiger partial charge is 0.322 e. The van der Waals surface area contributed by atoms with Crippen LogP contribution in [0.5, 0.6) is 5.75 Å². The van der Waals surface area contributed by atoms with Gasteiger partial charge >= 0.3 is 6.01 Å². The van der Waals surface area contributed by atoms with Gasteiger partial charge in [-0.25, -0.2) is 8.42 Å². The average Bonchev–Trinajstić information content (AvgIpc) is 3.46. The zero-order chi connectivity index (χ0) is 23.6. The lowest BCUT2D eigenvalue weighted by Crippen LogP contribution is -2.30. The van der Waals surface area contributed by atoms with Crippen molar-refractivity contribution < 1.29 is 26.8 Å². The summed E-state index contributed by atoms with van der Waals surface area (Å²) in [5, 5.41) is 11.0. The molecule has 0 aliphatic carbocycles. The number of amides is 1. The van der Waals surface area contributed by atoms with Crippen LogP contribution < -0.4 is 10.1 Å². The highest BCUT2D eigenvalue weighted by atomic mass is 32.2. The van der Waals surface area contributed by atoms with Gasteiger partial charge in [0.15, 0.2) is 17.1 Å². The van der Waals surface area contributed by atoms with E-state index in [-0.39, 0.29) is 22.4 Å². The van der Waals surface area contributed by atoms with Crippen LogP contribution in [0.1, 0.15) is 24.2 Å². The number of para-hydroxylation sites is 1. The number of hydrogen-bond donors (Lipinski definition) is 1. The Bertz CT molecular complexity index is 1390. The van der Waals surface area contributed by atoms with Crippen LogP contribution in [0.4, 0.5) is 6.01 Å². The Hall–Kier alpha value is -3.70. The molecule has 33 heavy (non-hydrogen) atoms. The van der Waals surface area contributed by atoms with Gasteiger partial charge in [0, 0.05) is 24.0 Å². The van der Waals surface area contributed by atoms with Gasteiger partial charge in [-0.05, 0) is 36.4 Å². The Balaban J connectivity index is 1.50. The number of rotatable bonds is 8. The first kappa shape index (κ1) is 22.5. The summed E-state index contributed by atoms with van der Waals surface area (Å²) in [6.45, 7) is 4.25. The maximum absolute atomic E-state index is 12.6. The van der Waals surface area contributed by atoms with Gasteiger partial charge in [0.1, 0.15) is 0 Å². The van der Waals surface area contributed by atoms with Crippen molar-refractivity contribution in [3.05, 3.63) is 54.1 Å². The first-order chi connectivity index (χ1) is 15.9. The molecule has 2 heterocycles. The average molecular weight is 471 g/mol. The van der Waals surface area contributed by atoms with Crippen molar-refractivity contribution in [1.29, 1.82) is 0 Å². The summed E-state index contributed by atoms with van der Waals surface area (Å²) < 4.78 is 43.1. The molecule has 0 saturated carbocycles. The highest BCUT2D eigenvalue weighted by Crippen LogP contribution is 2.33. The summed E-state index contributed by atoms with van der Waals surface area (Å²) in [6, 6.07) is 12.7. The normalized spacial score (nSPS) is 11.8. The standard InChI is InChI=1S/C22H22N4O6S/c1-4-26(5-2)33(28,29)16-11-9-14(10-12-16)20(27)23-22-25-24-21(32-22)18-13-15-7-6-8-17(30-3)19(15)31-18/h6-13H,4-5H2,1-3H3,(H,23,25,27). The molecule has 4 rings (SSSR count). The molecule has 0 aliphatic heterocycles.